The molecule has 4 nitrogen and oxygen atoms in total. The third-order valence-electron chi connectivity index (χ3n) is 5.12. The Labute approximate surface area is 157 Å². The van der Waals surface area contributed by atoms with Crippen LogP contribution in [-0.4, -0.2) is 36.1 Å². The van der Waals surface area contributed by atoms with Gasteiger partial charge in [-0.05, 0) is 55.9 Å². The molecule has 1 saturated heterocycles. The van der Waals surface area contributed by atoms with Gasteiger partial charge in [0.25, 0.3) is 5.91 Å². The number of amides is 1. The highest BCUT2D eigenvalue weighted by Gasteiger charge is 2.27. The van der Waals surface area contributed by atoms with Crippen LogP contribution in [0.2, 0.25) is 0 Å². The smallest absolute Gasteiger partial charge is 0.257 e. The lowest BCUT2D eigenvalue weighted by molar-refractivity contribution is 0.0664. The van der Waals surface area contributed by atoms with Crippen molar-refractivity contribution in [2.45, 2.75) is 25.7 Å². The highest BCUT2D eigenvalue weighted by molar-refractivity contribution is 5.97. The molecule has 3 rings (SSSR count). The van der Waals surface area contributed by atoms with Crippen molar-refractivity contribution >= 4 is 5.91 Å². The molecule has 1 fully saturated rings. The number of carbonyl (C=O) groups excluding carboxylic acids is 1. The van der Waals surface area contributed by atoms with Crippen LogP contribution in [0.15, 0.2) is 36.4 Å². The molecule has 1 aliphatic rings. The van der Waals surface area contributed by atoms with Gasteiger partial charge in [0.1, 0.15) is 11.6 Å². The maximum atomic E-state index is 13.8. The van der Waals surface area contributed by atoms with E-state index in [0.717, 1.165) is 12.8 Å². The molecule has 6 heteroatoms. The van der Waals surface area contributed by atoms with E-state index >= 15 is 0 Å². The molecule has 0 aliphatic carbocycles. The van der Waals surface area contributed by atoms with E-state index in [1.807, 2.05) is 0 Å². The molecular weight excluding hydrogens is 352 g/mol. The Bertz CT molecular complexity index is 805. The molecule has 2 aromatic rings. The van der Waals surface area contributed by atoms with E-state index in [-0.39, 0.29) is 34.5 Å². The summed E-state index contributed by atoms with van der Waals surface area (Å²) in [6.07, 6.45) is 2.63. The Hall–Kier alpha value is -2.63. The van der Waals surface area contributed by atoms with Gasteiger partial charge in [-0.1, -0.05) is 12.1 Å². The second kappa shape index (κ2) is 8.37. The van der Waals surface area contributed by atoms with Gasteiger partial charge in [0.15, 0.2) is 11.5 Å². The largest absolute Gasteiger partial charge is 0.504 e. The maximum Gasteiger partial charge on any atom is 0.257 e. The average molecular weight is 375 g/mol. The van der Waals surface area contributed by atoms with E-state index in [9.17, 15) is 18.7 Å². The highest BCUT2D eigenvalue weighted by Crippen LogP contribution is 2.32. The lowest BCUT2D eigenvalue weighted by atomic mass is 9.91. The summed E-state index contributed by atoms with van der Waals surface area (Å²) in [5, 5.41) is 10.2. The quantitative estimate of drug-likeness (QED) is 0.854. The number of likely N-dealkylation sites (tertiary alicyclic amines) is 1. The first kappa shape index (κ1) is 19.1. The molecule has 1 amide bonds. The van der Waals surface area contributed by atoms with Crippen molar-refractivity contribution in [1.29, 1.82) is 0 Å². The van der Waals surface area contributed by atoms with E-state index in [1.165, 1.54) is 25.3 Å². The Morgan fingerprint density at radius 3 is 2.63 bits per heavy atom. The van der Waals surface area contributed by atoms with Gasteiger partial charge in [-0.15, -0.1) is 0 Å². The molecule has 1 aliphatic heterocycles. The van der Waals surface area contributed by atoms with Crippen molar-refractivity contribution in [3.63, 3.8) is 0 Å². The minimum Gasteiger partial charge on any atom is -0.504 e. The third kappa shape index (κ3) is 4.21. The molecule has 1 heterocycles. The van der Waals surface area contributed by atoms with E-state index in [0.29, 0.717) is 25.9 Å². The molecule has 0 bridgehead atoms. The van der Waals surface area contributed by atoms with Gasteiger partial charge < -0.3 is 14.7 Å². The van der Waals surface area contributed by atoms with Gasteiger partial charge in [-0.2, -0.15) is 0 Å². The molecule has 144 valence electrons. The van der Waals surface area contributed by atoms with Gasteiger partial charge in [0, 0.05) is 18.7 Å². The Kier molecular flexibility index (Phi) is 5.94. The molecule has 1 unspecified atom stereocenters. The Morgan fingerprint density at radius 1 is 1.22 bits per heavy atom. The molecule has 27 heavy (non-hydrogen) atoms. The average Bonchev–Trinajstić information content (AvgIpc) is 2.67. The number of para-hydroxylation sites is 1. The van der Waals surface area contributed by atoms with E-state index in [1.54, 1.807) is 23.1 Å². The number of phenols is 1. The number of benzene rings is 2. The molecular formula is C21H23F2NO3. The molecule has 0 spiro atoms. The maximum absolute atomic E-state index is 13.8. The summed E-state index contributed by atoms with van der Waals surface area (Å²) in [6, 6.07) is 8.71. The summed E-state index contributed by atoms with van der Waals surface area (Å²) in [4.78, 5) is 14.5. The predicted molar refractivity (Wildman–Crippen MR) is 98.0 cm³/mol. The highest BCUT2D eigenvalue weighted by atomic mass is 19.1. The monoisotopic (exact) mass is 375 g/mol. The zero-order chi connectivity index (χ0) is 19.4. The number of methoxy groups -OCH3 is 1. The predicted octanol–water partition coefficient (Wildman–Crippen LogP) is 4.16. The first-order valence-electron chi connectivity index (χ1n) is 9.09. The van der Waals surface area contributed by atoms with Crippen LogP contribution in [0.25, 0.3) is 0 Å². The fourth-order valence-corrected chi connectivity index (χ4v) is 3.63. The minimum absolute atomic E-state index is 0.103. The molecule has 0 aromatic heterocycles. The summed E-state index contributed by atoms with van der Waals surface area (Å²) in [7, 11) is 1.43. The summed E-state index contributed by atoms with van der Waals surface area (Å²) in [6.45, 7) is 1.10. The van der Waals surface area contributed by atoms with Crippen LogP contribution in [0, 0.1) is 17.6 Å². The fourth-order valence-electron chi connectivity index (χ4n) is 3.63. The Morgan fingerprint density at radius 2 is 1.93 bits per heavy atom. The van der Waals surface area contributed by atoms with Crippen molar-refractivity contribution in [3.8, 4) is 11.5 Å². The zero-order valence-electron chi connectivity index (χ0n) is 15.3. The van der Waals surface area contributed by atoms with Crippen molar-refractivity contribution in [1.82, 2.24) is 4.90 Å². The van der Waals surface area contributed by atoms with E-state index in [2.05, 4.69) is 0 Å². The SMILES string of the molecule is COc1cccc(C(=O)N2CCCC(CCc3c(F)cccc3F)C2)c1O. The second-order valence-corrected chi connectivity index (χ2v) is 6.85. The lowest BCUT2D eigenvalue weighted by Gasteiger charge is -2.33. The standard InChI is InChI=1S/C21H23F2NO3/c1-27-19-9-2-6-16(20(19)25)21(26)24-12-4-5-14(13-24)10-11-15-17(22)7-3-8-18(15)23/h2-3,6-9,14,25H,4-5,10-13H2,1H3. The van der Waals surface area contributed by atoms with Crippen LogP contribution in [0.1, 0.15) is 35.2 Å². The summed E-state index contributed by atoms with van der Waals surface area (Å²) in [5.74, 6) is -1.06. The molecule has 1 N–H and O–H groups in total. The van der Waals surface area contributed by atoms with Gasteiger partial charge in [0.05, 0.1) is 12.7 Å². The Balaban J connectivity index is 1.66. The van der Waals surface area contributed by atoms with Crippen LogP contribution in [0.4, 0.5) is 8.78 Å². The summed E-state index contributed by atoms with van der Waals surface area (Å²) < 4.78 is 32.7. The van der Waals surface area contributed by atoms with Crippen molar-refractivity contribution in [2.24, 2.45) is 5.92 Å². The number of halogens is 2. The van der Waals surface area contributed by atoms with Gasteiger partial charge >= 0.3 is 0 Å². The van der Waals surface area contributed by atoms with Crippen LogP contribution in [0.3, 0.4) is 0 Å². The molecule has 1 atom stereocenters. The zero-order valence-corrected chi connectivity index (χ0v) is 15.3. The topological polar surface area (TPSA) is 49.8 Å². The number of aromatic hydroxyl groups is 1. The number of ether oxygens (including phenoxy) is 1. The molecule has 0 saturated carbocycles. The van der Waals surface area contributed by atoms with Crippen LogP contribution in [-0.2, 0) is 6.42 Å². The van der Waals surface area contributed by atoms with E-state index in [4.69, 9.17) is 4.74 Å². The van der Waals surface area contributed by atoms with Gasteiger partial charge in [-0.25, -0.2) is 8.78 Å². The summed E-state index contributed by atoms with van der Waals surface area (Å²) in [5.41, 5.74) is 0.307. The lowest BCUT2D eigenvalue weighted by Crippen LogP contribution is -2.40. The van der Waals surface area contributed by atoms with Gasteiger partial charge in [-0.3, -0.25) is 4.79 Å². The first-order valence-corrected chi connectivity index (χ1v) is 9.09. The fraction of sp³-hybridized carbons (Fsp3) is 0.381. The third-order valence-corrected chi connectivity index (χ3v) is 5.12. The van der Waals surface area contributed by atoms with Crippen molar-refractivity contribution < 1.29 is 23.4 Å². The second-order valence-electron chi connectivity index (χ2n) is 6.85. The first-order chi connectivity index (χ1) is 13.0. The number of nitrogens with zero attached hydrogens (tertiary/aromatic N) is 1. The van der Waals surface area contributed by atoms with Crippen LogP contribution >= 0.6 is 0 Å². The number of carbonyl (C=O) groups is 1. The summed E-state index contributed by atoms with van der Waals surface area (Å²) >= 11 is 0. The van der Waals surface area contributed by atoms with Crippen molar-refractivity contribution in [3.05, 3.63) is 59.2 Å². The minimum atomic E-state index is -0.528. The molecule has 0 radical (unpaired) electrons. The van der Waals surface area contributed by atoms with Crippen molar-refractivity contribution in [2.75, 3.05) is 20.2 Å². The van der Waals surface area contributed by atoms with Gasteiger partial charge in [0.2, 0.25) is 0 Å². The van der Waals surface area contributed by atoms with Crippen LogP contribution in [0.5, 0.6) is 11.5 Å². The normalized spacial score (nSPS) is 17.0. The number of rotatable bonds is 5. The van der Waals surface area contributed by atoms with E-state index < -0.39 is 11.6 Å². The molecule has 2 aromatic carbocycles. The number of hydrogen-bond donors (Lipinski definition) is 1. The number of piperidine rings is 1. The van der Waals surface area contributed by atoms with Crippen LogP contribution < -0.4 is 4.74 Å². The number of phenolic OH excluding ortho intramolecular Hbond substituents is 1. The number of hydrogen-bond acceptors (Lipinski definition) is 3.